The Balaban J connectivity index is 2.20. The molecule has 0 saturated carbocycles. The maximum absolute atomic E-state index is 6.20. The molecule has 78 valence electrons. The van der Waals surface area contributed by atoms with E-state index in [0.29, 0.717) is 0 Å². The summed E-state index contributed by atoms with van der Waals surface area (Å²) in [4.78, 5) is 0. The van der Waals surface area contributed by atoms with Gasteiger partial charge in [0.15, 0.2) is 0 Å². The van der Waals surface area contributed by atoms with Crippen LogP contribution in [0.15, 0.2) is 48.1 Å². The van der Waals surface area contributed by atoms with E-state index in [4.69, 9.17) is 5.73 Å². The summed E-state index contributed by atoms with van der Waals surface area (Å²) >= 11 is 0. The molecule has 2 rings (SSSR count). The first-order chi connectivity index (χ1) is 7.27. The van der Waals surface area contributed by atoms with E-state index in [1.54, 1.807) is 0 Å². The summed E-state index contributed by atoms with van der Waals surface area (Å²) in [6.45, 7) is 2.09. The lowest BCUT2D eigenvalue weighted by Gasteiger charge is -2.16. The van der Waals surface area contributed by atoms with Gasteiger partial charge in [-0.25, -0.2) is 0 Å². The monoisotopic (exact) mass is 199 g/mol. The number of rotatable bonds is 2. The van der Waals surface area contributed by atoms with Crippen molar-refractivity contribution < 1.29 is 0 Å². The van der Waals surface area contributed by atoms with Crippen LogP contribution in [0.25, 0.3) is 0 Å². The van der Waals surface area contributed by atoms with Crippen molar-refractivity contribution in [2.45, 2.75) is 25.8 Å². The highest BCUT2D eigenvalue weighted by atomic mass is 14.6. The fourth-order valence-corrected chi connectivity index (χ4v) is 1.83. The number of aryl methyl sites for hydroxylation is 1. The summed E-state index contributed by atoms with van der Waals surface area (Å²) in [6.07, 6.45) is 8.84. The molecule has 0 amide bonds. The van der Waals surface area contributed by atoms with Gasteiger partial charge in [0.2, 0.25) is 0 Å². The molecule has 1 atom stereocenters. The molecular formula is C14H17N. The maximum atomic E-state index is 6.20. The van der Waals surface area contributed by atoms with Crippen molar-refractivity contribution in [3.8, 4) is 0 Å². The first-order valence-electron chi connectivity index (χ1n) is 5.46. The molecule has 1 heteroatoms. The Labute approximate surface area is 91.3 Å². The molecule has 1 unspecified atom stereocenters. The van der Waals surface area contributed by atoms with E-state index < -0.39 is 0 Å². The van der Waals surface area contributed by atoms with E-state index in [9.17, 15) is 0 Å². The van der Waals surface area contributed by atoms with Crippen molar-refractivity contribution in [3.05, 3.63) is 59.2 Å². The van der Waals surface area contributed by atoms with E-state index >= 15 is 0 Å². The predicted molar refractivity (Wildman–Crippen MR) is 64.6 cm³/mol. The summed E-state index contributed by atoms with van der Waals surface area (Å²) < 4.78 is 0. The SMILES string of the molecule is Cc1ccc(C(N)C2=CCCC=C2)cc1. The van der Waals surface area contributed by atoms with E-state index in [0.717, 1.165) is 12.8 Å². The molecule has 1 nitrogen and oxygen atoms in total. The Morgan fingerprint density at radius 3 is 2.47 bits per heavy atom. The molecule has 0 bridgehead atoms. The Morgan fingerprint density at radius 2 is 1.87 bits per heavy atom. The van der Waals surface area contributed by atoms with E-state index in [2.05, 4.69) is 49.4 Å². The third kappa shape index (κ3) is 2.37. The molecule has 0 aliphatic heterocycles. The van der Waals surface area contributed by atoms with E-state index in [-0.39, 0.29) is 6.04 Å². The van der Waals surface area contributed by atoms with Gasteiger partial charge in [0.05, 0.1) is 6.04 Å². The lowest BCUT2D eigenvalue weighted by Crippen LogP contribution is -2.12. The van der Waals surface area contributed by atoms with Gasteiger partial charge in [-0.15, -0.1) is 0 Å². The van der Waals surface area contributed by atoms with Gasteiger partial charge in [0.25, 0.3) is 0 Å². The highest BCUT2D eigenvalue weighted by Crippen LogP contribution is 2.23. The Bertz CT molecular complexity index is 384. The lowest BCUT2D eigenvalue weighted by molar-refractivity contribution is 0.843. The van der Waals surface area contributed by atoms with Gasteiger partial charge in [-0.3, -0.25) is 0 Å². The highest BCUT2D eigenvalue weighted by Gasteiger charge is 2.10. The standard InChI is InChI=1S/C14H17N/c1-11-7-9-13(10-8-11)14(15)12-5-3-2-4-6-12/h3,5-10,14H,2,4,15H2,1H3. The van der Waals surface area contributed by atoms with Crippen LogP contribution in [0.3, 0.4) is 0 Å². The first kappa shape index (κ1) is 10.2. The molecule has 0 aromatic heterocycles. The first-order valence-corrected chi connectivity index (χ1v) is 5.46. The van der Waals surface area contributed by atoms with Gasteiger partial charge in [-0.2, -0.15) is 0 Å². The van der Waals surface area contributed by atoms with Crippen molar-refractivity contribution >= 4 is 0 Å². The molecule has 0 radical (unpaired) electrons. The molecule has 0 saturated heterocycles. The molecule has 0 spiro atoms. The average Bonchev–Trinajstić information content (AvgIpc) is 2.30. The molecular weight excluding hydrogens is 182 g/mol. The van der Waals surface area contributed by atoms with Crippen molar-refractivity contribution in [1.82, 2.24) is 0 Å². The quantitative estimate of drug-likeness (QED) is 0.777. The minimum atomic E-state index is 0.0298. The van der Waals surface area contributed by atoms with Crippen LogP contribution >= 0.6 is 0 Å². The smallest absolute Gasteiger partial charge is 0.0548 e. The maximum Gasteiger partial charge on any atom is 0.0548 e. The van der Waals surface area contributed by atoms with Gasteiger partial charge >= 0.3 is 0 Å². The van der Waals surface area contributed by atoms with Crippen LogP contribution in [-0.4, -0.2) is 0 Å². The zero-order chi connectivity index (χ0) is 10.7. The van der Waals surface area contributed by atoms with Gasteiger partial charge < -0.3 is 5.73 Å². The number of nitrogens with two attached hydrogens (primary N) is 1. The third-order valence-electron chi connectivity index (χ3n) is 2.82. The molecule has 1 aromatic rings. The average molecular weight is 199 g/mol. The third-order valence-corrected chi connectivity index (χ3v) is 2.82. The van der Waals surface area contributed by atoms with Crippen molar-refractivity contribution in [3.63, 3.8) is 0 Å². The second kappa shape index (κ2) is 4.45. The van der Waals surface area contributed by atoms with Crippen molar-refractivity contribution in [2.24, 2.45) is 5.73 Å². The van der Waals surface area contributed by atoms with Gasteiger partial charge in [-0.1, -0.05) is 48.1 Å². The molecule has 15 heavy (non-hydrogen) atoms. The summed E-state index contributed by atoms with van der Waals surface area (Å²) in [6, 6.07) is 8.49. The van der Waals surface area contributed by atoms with Crippen LogP contribution in [0.4, 0.5) is 0 Å². The zero-order valence-corrected chi connectivity index (χ0v) is 9.11. The second-order valence-corrected chi connectivity index (χ2v) is 4.07. The number of allylic oxidation sites excluding steroid dienone is 2. The Kier molecular flexibility index (Phi) is 3.02. The molecule has 1 aliphatic rings. The molecule has 2 N–H and O–H groups in total. The lowest BCUT2D eigenvalue weighted by atomic mass is 9.95. The minimum Gasteiger partial charge on any atom is -0.320 e. The van der Waals surface area contributed by atoms with Gasteiger partial charge in [-0.05, 0) is 30.9 Å². The van der Waals surface area contributed by atoms with Crippen LogP contribution in [0.5, 0.6) is 0 Å². The van der Waals surface area contributed by atoms with Crippen LogP contribution in [0.1, 0.15) is 30.0 Å². The molecule has 0 heterocycles. The molecule has 1 aromatic carbocycles. The van der Waals surface area contributed by atoms with Crippen molar-refractivity contribution in [1.29, 1.82) is 0 Å². The van der Waals surface area contributed by atoms with E-state index in [1.807, 2.05) is 0 Å². The van der Waals surface area contributed by atoms with Gasteiger partial charge in [0.1, 0.15) is 0 Å². The minimum absolute atomic E-state index is 0.0298. The number of hydrogen-bond acceptors (Lipinski definition) is 1. The van der Waals surface area contributed by atoms with Crippen molar-refractivity contribution in [2.75, 3.05) is 0 Å². The Morgan fingerprint density at radius 1 is 1.13 bits per heavy atom. The predicted octanol–water partition coefficient (Wildman–Crippen LogP) is 3.27. The number of benzene rings is 1. The van der Waals surface area contributed by atoms with Crippen LogP contribution in [-0.2, 0) is 0 Å². The number of hydrogen-bond donors (Lipinski definition) is 1. The molecule has 0 fully saturated rings. The van der Waals surface area contributed by atoms with Crippen LogP contribution in [0, 0.1) is 6.92 Å². The Hall–Kier alpha value is -1.34. The second-order valence-electron chi connectivity index (χ2n) is 4.07. The summed E-state index contributed by atoms with van der Waals surface area (Å²) in [5.74, 6) is 0. The topological polar surface area (TPSA) is 26.0 Å². The normalized spacial score (nSPS) is 17.3. The summed E-state index contributed by atoms with van der Waals surface area (Å²) in [5, 5.41) is 0. The van der Waals surface area contributed by atoms with E-state index in [1.165, 1.54) is 16.7 Å². The highest BCUT2D eigenvalue weighted by molar-refractivity contribution is 5.36. The zero-order valence-electron chi connectivity index (χ0n) is 9.11. The van der Waals surface area contributed by atoms with Crippen LogP contribution in [0.2, 0.25) is 0 Å². The largest absolute Gasteiger partial charge is 0.320 e. The van der Waals surface area contributed by atoms with Gasteiger partial charge in [0, 0.05) is 0 Å². The fourth-order valence-electron chi connectivity index (χ4n) is 1.83. The summed E-state index contributed by atoms with van der Waals surface area (Å²) in [5.41, 5.74) is 9.91. The van der Waals surface area contributed by atoms with Crippen LogP contribution < -0.4 is 5.73 Å². The fraction of sp³-hybridized carbons (Fsp3) is 0.286. The molecule has 1 aliphatic carbocycles. The summed E-state index contributed by atoms with van der Waals surface area (Å²) in [7, 11) is 0.